The number of para-hydroxylation sites is 1. The Bertz CT molecular complexity index is 562. The molecule has 2 heterocycles. The lowest BCUT2D eigenvalue weighted by molar-refractivity contribution is 0.315. The molecule has 1 aromatic carbocycles. The van der Waals surface area contributed by atoms with Gasteiger partial charge in [-0.15, -0.1) is 0 Å². The standard InChI is InChI=1S/C14H17N3O/c1-10-11(6-15)7-17(16-10)8-12-9-18-14-5-3-2-4-13(12)14/h2-5,7,12H,6,8-9,15H2,1H3. The zero-order valence-corrected chi connectivity index (χ0v) is 10.5. The Morgan fingerprint density at radius 1 is 1.44 bits per heavy atom. The maximum atomic E-state index is 5.68. The van der Waals surface area contributed by atoms with Crippen LogP contribution in [0.1, 0.15) is 22.7 Å². The second kappa shape index (κ2) is 4.46. The van der Waals surface area contributed by atoms with Crippen molar-refractivity contribution in [3.8, 4) is 5.75 Å². The zero-order chi connectivity index (χ0) is 12.5. The molecule has 2 N–H and O–H groups in total. The van der Waals surface area contributed by atoms with Crippen LogP contribution < -0.4 is 10.5 Å². The van der Waals surface area contributed by atoms with Gasteiger partial charge in [-0.3, -0.25) is 4.68 Å². The van der Waals surface area contributed by atoms with Crippen LogP contribution in [0.3, 0.4) is 0 Å². The van der Waals surface area contributed by atoms with Crippen LogP contribution >= 0.6 is 0 Å². The summed E-state index contributed by atoms with van der Waals surface area (Å²) in [6.45, 7) is 4.12. The average molecular weight is 243 g/mol. The van der Waals surface area contributed by atoms with Gasteiger partial charge in [-0.2, -0.15) is 5.10 Å². The molecule has 1 unspecified atom stereocenters. The number of hydrogen-bond donors (Lipinski definition) is 1. The van der Waals surface area contributed by atoms with Crippen LogP contribution in [0.15, 0.2) is 30.5 Å². The summed E-state index contributed by atoms with van der Waals surface area (Å²) in [4.78, 5) is 0. The van der Waals surface area contributed by atoms with E-state index in [-0.39, 0.29) is 0 Å². The normalized spacial score (nSPS) is 17.6. The highest BCUT2D eigenvalue weighted by Crippen LogP contribution is 2.34. The summed E-state index contributed by atoms with van der Waals surface area (Å²) in [5.74, 6) is 1.39. The van der Waals surface area contributed by atoms with Crippen LogP contribution in [-0.2, 0) is 13.1 Å². The van der Waals surface area contributed by atoms with Crippen LogP contribution in [0.2, 0.25) is 0 Å². The van der Waals surface area contributed by atoms with Gasteiger partial charge in [0.2, 0.25) is 0 Å². The minimum Gasteiger partial charge on any atom is -0.493 e. The van der Waals surface area contributed by atoms with E-state index in [1.165, 1.54) is 5.56 Å². The van der Waals surface area contributed by atoms with E-state index in [4.69, 9.17) is 10.5 Å². The lowest BCUT2D eigenvalue weighted by Gasteiger charge is -2.08. The Labute approximate surface area is 106 Å². The largest absolute Gasteiger partial charge is 0.493 e. The van der Waals surface area contributed by atoms with Gasteiger partial charge in [0.05, 0.1) is 18.8 Å². The van der Waals surface area contributed by atoms with Crippen molar-refractivity contribution in [1.82, 2.24) is 9.78 Å². The third-order valence-corrected chi connectivity index (χ3v) is 3.47. The molecule has 0 amide bonds. The molecule has 3 rings (SSSR count). The number of rotatable bonds is 3. The minimum absolute atomic E-state index is 0.381. The summed E-state index contributed by atoms with van der Waals surface area (Å²) in [6.07, 6.45) is 2.04. The van der Waals surface area contributed by atoms with Crippen molar-refractivity contribution in [3.63, 3.8) is 0 Å². The fraction of sp³-hybridized carbons (Fsp3) is 0.357. The predicted octanol–water partition coefficient (Wildman–Crippen LogP) is 1.83. The predicted molar refractivity (Wildman–Crippen MR) is 69.5 cm³/mol. The second-order valence-electron chi connectivity index (χ2n) is 4.71. The lowest BCUT2D eigenvalue weighted by atomic mass is 10.0. The summed E-state index contributed by atoms with van der Waals surface area (Å²) in [5, 5.41) is 4.50. The number of hydrogen-bond acceptors (Lipinski definition) is 3. The molecule has 0 saturated carbocycles. The number of aryl methyl sites for hydroxylation is 1. The molecule has 1 atom stereocenters. The van der Waals surface area contributed by atoms with E-state index in [2.05, 4.69) is 17.2 Å². The molecular weight excluding hydrogens is 226 g/mol. The van der Waals surface area contributed by atoms with Crippen molar-refractivity contribution < 1.29 is 4.74 Å². The topological polar surface area (TPSA) is 53.1 Å². The van der Waals surface area contributed by atoms with E-state index in [0.29, 0.717) is 12.5 Å². The van der Waals surface area contributed by atoms with Crippen molar-refractivity contribution in [3.05, 3.63) is 47.3 Å². The maximum Gasteiger partial charge on any atom is 0.122 e. The molecule has 1 aliphatic heterocycles. The van der Waals surface area contributed by atoms with Crippen LogP contribution in [0.5, 0.6) is 5.75 Å². The van der Waals surface area contributed by atoms with Crippen molar-refractivity contribution in [2.24, 2.45) is 5.73 Å². The van der Waals surface area contributed by atoms with Gasteiger partial charge < -0.3 is 10.5 Å². The number of nitrogens with zero attached hydrogens (tertiary/aromatic N) is 2. The molecule has 0 saturated heterocycles. The van der Waals surface area contributed by atoms with Crippen molar-refractivity contribution >= 4 is 0 Å². The fourth-order valence-electron chi connectivity index (χ4n) is 2.46. The van der Waals surface area contributed by atoms with Crippen molar-refractivity contribution in [2.45, 2.75) is 25.9 Å². The summed E-state index contributed by atoms with van der Waals surface area (Å²) in [7, 11) is 0. The van der Waals surface area contributed by atoms with Gasteiger partial charge in [-0.25, -0.2) is 0 Å². The van der Waals surface area contributed by atoms with Crippen molar-refractivity contribution in [1.29, 1.82) is 0 Å². The van der Waals surface area contributed by atoms with Crippen LogP contribution in [0.4, 0.5) is 0 Å². The summed E-state index contributed by atoms with van der Waals surface area (Å²) < 4.78 is 7.66. The minimum atomic E-state index is 0.381. The highest BCUT2D eigenvalue weighted by atomic mass is 16.5. The second-order valence-corrected chi connectivity index (χ2v) is 4.71. The first-order valence-corrected chi connectivity index (χ1v) is 6.22. The molecule has 1 aliphatic rings. The molecular formula is C14H17N3O. The highest BCUT2D eigenvalue weighted by Gasteiger charge is 2.24. The molecule has 4 nitrogen and oxygen atoms in total. The van der Waals surface area contributed by atoms with Gasteiger partial charge in [0, 0.05) is 29.8 Å². The zero-order valence-electron chi connectivity index (χ0n) is 10.5. The molecule has 1 aromatic heterocycles. The quantitative estimate of drug-likeness (QED) is 0.894. The Balaban J connectivity index is 1.82. The van der Waals surface area contributed by atoms with E-state index in [0.717, 1.165) is 30.2 Å². The molecule has 4 heteroatoms. The lowest BCUT2D eigenvalue weighted by Crippen LogP contribution is -2.11. The Morgan fingerprint density at radius 3 is 3.06 bits per heavy atom. The Kier molecular flexibility index (Phi) is 2.80. The molecule has 0 spiro atoms. The summed E-state index contributed by atoms with van der Waals surface area (Å²) in [5.41, 5.74) is 9.08. The van der Waals surface area contributed by atoms with Gasteiger partial charge in [0.1, 0.15) is 5.75 Å². The SMILES string of the molecule is Cc1nn(CC2COc3ccccc32)cc1CN. The van der Waals surface area contributed by atoms with Crippen LogP contribution in [-0.4, -0.2) is 16.4 Å². The third-order valence-electron chi connectivity index (χ3n) is 3.47. The molecule has 0 bridgehead atoms. The molecule has 0 radical (unpaired) electrons. The molecule has 2 aromatic rings. The molecule has 94 valence electrons. The van der Waals surface area contributed by atoms with Crippen molar-refractivity contribution in [2.75, 3.05) is 6.61 Å². The Morgan fingerprint density at radius 2 is 2.28 bits per heavy atom. The van der Waals surface area contributed by atoms with E-state index in [1.54, 1.807) is 0 Å². The first-order valence-electron chi connectivity index (χ1n) is 6.22. The summed E-state index contributed by atoms with van der Waals surface area (Å²) >= 11 is 0. The van der Waals surface area contributed by atoms with E-state index in [1.807, 2.05) is 29.9 Å². The number of fused-ring (bicyclic) bond motifs is 1. The number of nitrogens with two attached hydrogens (primary N) is 1. The van der Waals surface area contributed by atoms with Gasteiger partial charge in [0.25, 0.3) is 0 Å². The monoisotopic (exact) mass is 243 g/mol. The van der Waals surface area contributed by atoms with Gasteiger partial charge in [0.15, 0.2) is 0 Å². The molecule has 18 heavy (non-hydrogen) atoms. The highest BCUT2D eigenvalue weighted by molar-refractivity contribution is 5.39. The number of benzene rings is 1. The first-order chi connectivity index (χ1) is 8.78. The van der Waals surface area contributed by atoms with Gasteiger partial charge in [-0.1, -0.05) is 18.2 Å². The van der Waals surface area contributed by atoms with Gasteiger partial charge in [-0.05, 0) is 13.0 Å². The van der Waals surface area contributed by atoms with E-state index in [9.17, 15) is 0 Å². The smallest absolute Gasteiger partial charge is 0.122 e. The summed E-state index contributed by atoms with van der Waals surface area (Å²) in [6, 6.07) is 8.22. The van der Waals surface area contributed by atoms with E-state index >= 15 is 0 Å². The molecule has 0 fully saturated rings. The average Bonchev–Trinajstić information content (AvgIpc) is 2.94. The van der Waals surface area contributed by atoms with Crippen LogP contribution in [0, 0.1) is 6.92 Å². The number of ether oxygens (including phenoxy) is 1. The fourth-order valence-corrected chi connectivity index (χ4v) is 2.46. The third kappa shape index (κ3) is 1.88. The number of aromatic nitrogens is 2. The molecule has 0 aliphatic carbocycles. The first kappa shape index (κ1) is 11.3. The van der Waals surface area contributed by atoms with Crippen LogP contribution in [0.25, 0.3) is 0 Å². The van der Waals surface area contributed by atoms with E-state index < -0.39 is 0 Å². The van der Waals surface area contributed by atoms with Gasteiger partial charge >= 0.3 is 0 Å². The maximum absolute atomic E-state index is 5.68. The Hall–Kier alpha value is -1.81.